The average molecular weight is 439 g/mol. The van der Waals surface area contributed by atoms with Crippen molar-refractivity contribution in [3.63, 3.8) is 0 Å². The van der Waals surface area contributed by atoms with Crippen LogP contribution < -0.4 is 10.1 Å². The number of amides is 1. The maximum absolute atomic E-state index is 12.1. The zero-order chi connectivity index (χ0) is 20.8. The number of benzene rings is 1. The van der Waals surface area contributed by atoms with Gasteiger partial charge in [-0.1, -0.05) is 23.2 Å². The Morgan fingerprint density at radius 2 is 2.14 bits per heavy atom. The number of non-ortho nitro benzene ring substituents is 1. The van der Waals surface area contributed by atoms with Crippen LogP contribution >= 0.6 is 23.2 Å². The molecule has 0 saturated carbocycles. The van der Waals surface area contributed by atoms with Gasteiger partial charge in [0.2, 0.25) is 0 Å². The predicted molar refractivity (Wildman–Crippen MR) is 105 cm³/mol. The van der Waals surface area contributed by atoms with Crippen molar-refractivity contribution in [1.29, 1.82) is 0 Å². The largest absolute Gasteiger partial charge is 0.484 e. The molecular formula is C18H16Cl2N4O5. The van der Waals surface area contributed by atoms with Crippen LogP contribution in [-0.2, 0) is 13.2 Å². The number of carbonyl (C=O) groups is 1. The van der Waals surface area contributed by atoms with Gasteiger partial charge < -0.3 is 14.5 Å². The van der Waals surface area contributed by atoms with E-state index >= 15 is 0 Å². The van der Waals surface area contributed by atoms with Gasteiger partial charge in [0.15, 0.2) is 5.76 Å². The van der Waals surface area contributed by atoms with E-state index in [-0.39, 0.29) is 34.7 Å². The summed E-state index contributed by atoms with van der Waals surface area (Å²) in [6, 6.07) is 7.05. The third-order valence-corrected chi connectivity index (χ3v) is 4.32. The molecule has 0 aliphatic carbocycles. The molecule has 1 aromatic carbocycles. The number of aryl methyl sites for hydroxylation is 1. The molecular weight excluding hydrogens is 423 g/mol. The lowest BCUT2D eigenvalue weighted by molar-refractivity contribution is -0.384. The highest BCUT2D eigenvalue weighted by atomic mass is 35.5. The third kappa shape index (κ3) is 5.72. The highest BCUT2D eigenvalue weighted by Gasteiger charge is 2.13. The van der Waals surface area contributed by atoms with Gasteiger partial charge in [0.1, 0.15) is 18.1 Å². The maximum Gasteiger partial charge on any atom is 0.286 e. The Balaban J connectivity index is 1.46. The van der Waals surface area contributed by atoms with Gasteiger partial charge in [-0.15, -0.1) is 0 Å². The summed E-state index contributed by atoms with van der Waals surface area (Å²) in [4.78, 5) is 22.3. The fourth-order valence-corrected chi connectivity index (χ4v) is 2.82. The Hall–Kier alpha value is -3.04. The molecule has 0 aliphatic rings. The summed E-state index contributed by atoms with van der Waals surface area (Å²) >= 11 is 11.8. The fourth-order valence-electron chi connectivity index (χ4n) is 2.44. The van der Waals surface area contributed by atoms with Gasteiger partial charge >= 0.3 is 0 Å². The number of hydrogen-bond donors (Lipinski definition) is 1. The van der Waals surface area contributed by atoms with Crippen molar-refractivity contribution in [2.24, 2.45) is 0 Å². The third-order valence-electron chi connectivity index (χ3n) is 3.83. The van der Waals surface area contributed by atoms with Crippen molar-refractivity contribution >= 4 is 34.8 Å². The number of ether oxygens (including phenoxy) is 1. The molecule has 29 heavy (non-hydrogen) atoms. The van der Waals surface area contributed by atoms with E-state index in [1.54, 1.807) is 29.2 Å². The van der Waals surface area contributed by atoms with Gasteiger partial charge in [-0.2, -0.15) is 5.10 Å². The Morgan fingerprint density at radius 1 is 1.31 bits per heavy atom. The first-order valence-electron chi connectivity index (χ1n) is 8.54. The lowest BCUT2D eigenvalue weighted by atomic mass is 10.3. The van der Waals surface area contributed by atoms with Crippen molar-refractivity contribution in [3.05, 3.63) is 74.4 Å². The van der Waals surface area contributed by atoms with E-state index in [0.717, 1.165) is 0 Å². The lowest BCUT2D eigenvalue weighted by Gasteiger charge is -2.06. The molecule has 11 heteroatoms. The molecule has 9 nitrogen and oxygen atoms in total. The number of nitrogens with one attached hydrogen (secondary N) is 1. The topological polar surface area (TPSA) is 112 Å². The summed E-state index contributed by atoms with van der Waals surface area (Å²) in [6.45, 7) is 1.09. The van der Waals surface area contributed by atoms with E-state index in [0.29, 0.717) is 30.3 Å². The molecule has 0 spiro atoms. The number of nitro benzene ring substituents is 1. The Bertz CT molecular complexity index is 1020. The van der Waals surface area contributed by atoms with Gasteiger partial charge in [0.05, 0.1) is 21.2 Å². The van der Waals surface area contributed by atoms with Crippen molar-refractivity contribution in [1.82, 2.24) is 15.1 Å². The van der Waals surface area contributed by atoms with E-state index in [9.17, 15) is 14.9 Å². The number of nitro groups is 1. The molecule has 0 bridgehead atoms. The summed E-state index contributed by atoms with van der Waals surface area (Å²) in [7, 11) is 0. The van der Waals surface area contributed by atoms with Crippen molar-refractivity contribution in [2.75, 3.05) is 6.54 Å². The van der Waals surface area contributed by atoms with Crippen LogP contribution in [0, 0.1) is 10.1 Å². The number of furan rings is 1. The summed E-state index contributed by atoms with van der Waals surface area (Å²) in [5, 5.41) is 18.2. The second-order valence-corrected chi connectivity index (χ2v) is 6.80. The Morgan fingerprint density at radius 3 is 2.83 bits per heavy atom. The normalized spacial score (nSPS) is 10.7. The molecule has 0 radical (unpaired) electrons. The lowest BCUT2D eigenvalue weighted by Crippen LogP contribution is -2.24. The molecule has 0 aliphatic heterocycles. The molecule has 3 aromatic rings. The molecule has 2 heterocycles. The predicted octanol–water partition coefficient (Wildman–Crippen LogP) is 4.09. The standard InChI is InChI=1S/C18H16Cl2N4O5/c19-12-9-22-23(10-12)7-1-6-21-18(25)17-5-3-14(29-17)11-28-16-4-2-13(24(26)27)8-15(16)20/h2-5,8-10H,1,6-7,11H2,(H,21,25). The Labute approximate surface area is 175 Å². The number of aromatic nitrogens is 2. The molecule has 0 saturated heterocycles. The van der Waals surface area contributed by atoms with Gasteiger partial charge in [0, 0.05) is 31.4 Å². The van der Waals surface area contributed by atoms with Crippen LogP contribution in [0.25, 0.3) is 0 Å². The molecule has 2 aromatic heterocycles. The maximum atomic E-state index is 12.1. The quantitative estimate of drug-likeness (QED) is 0.305. The SMILES string of the molecule is O=C(NCCCn1cc(Cl)cn1)c1ccc(COc2ccc([N+](=O)[O-])cc2Cl)o1. The van der Waals surface area contributed by atoms with Crippen LogP contribution in [0.4, 0.5) is 5.69 Å². The molecule has 152 valence electrons. The summed E-state index contributed by atoms with van der Waals surface area (Å²) in [6.07, 6.45) is 3.94. The van der Waals surface area contributed by atoms with Gasteiger partial charge in [0.25, 0.3) is 11.6 Å². The number of halogens is 2. The van der Waals surface area contributed by atoms with E-state index in [1.165, 1.54) is 18.2 Å². The van der Waals surface area contributed by atoms with Gasteiger partial charge in [-0.3, -0.25) is 19.6 Å². The van der Waals surface area contributed by atoms with E-state index in [4.69, 9.17) is 32.4 Å². The molecule has 0 unspecified atom stereocenters. The van der Waals surface area contributed by atoms with Crippen LogP contribution in [0.3, 0.4) is 0 Å². The summed E-state index contributed by atoms with van der Waals surface area (Å²) < 4.78 is 12.7. The first-order valence-corrected chi connectivity index (χ1v) is 9.29. The second-order valence-electron chi connectivity index (χ2n) is 5.96. The van der Waals surface area contributed by atoms with Crippen LogP contribution in [-0.4, -0.2) is 27.2 Å². The van der Waals surface area contributed by atoms with Crippen molar-refractivity contribution in [2.45, 2.75) is 19.6 Å². The van der Waals surface area contributed by atoms with E-state index in [2.05, 4.69) is 10.4 Å². The molecule has 0 atom stereocenters. The molecule has 1 N–H and O–H groups in total. The highest BCUT2D eigenvalue weighted by molar-refractivity contribution is 6.32. The van der Waals surface area contributed by atoms with E-state index in [1.807, 2.05) is 0 Å². The van der Waals surface area contributed by atoms with Gasteiger partial charge in [-0.25, -0.2) is 0 Å². The number of carbonyl (C=O) groups excluding carboxylic acids is 1. The Kier molecular flexibility index (Phi) is 6.73. The minimum Gasteiger partial charge on any atom is -0.484 e. The minimum absolute atomic E-state index is 0.0187. The summed E-state index contributed by atoms with van der Waals surface area (Å²) in [5.41, 5.74) is -0.130. The van der Waals surface area contributed by atoms with Crippen molar-refractivity contribution in [3.8, 4) is 5.75 Å². The van der Waals surface area contributed by atoms with Crippen molar-refractivity contribution < 1.29 is 18.9 Å². The first kappa shape index (κ1) is 20.7. The number of rotatable bonds is 9. The minimum atomic E-state index is -0.544. The zero-order valence-corrected chi connectivity index (χ0v) is 16.5. The monoisotopic (exact) mass is 438 g/mol. The summed E-state index contributed by atoms with van der Waals surface area (Å²) in [5.74, 6) is 0.498. The highest BCUT2D eigenvalue weighted by Crippen LogP contribution is 2.29. The zero-order valence-electron chi connectivity index (χ0n) is 15.0. The number of nitrogens with zero attached hydrogens (tertiary/aromatic N) is 3. The molecule has 3 rings (SSSR count). The van der Waals surface area contributed by atoms with Gasteiger partial charge in [-0.05, 0) is 24.6 Å². The van der Waals surface area contributed by atoms with Crippen LogP contribution in [0.15, 0.2) is 47.1 Å². The smallest absolute Gasteiger partial charge is 0.286 e. The first-order chi connectivity index (χ1) is 13.9. The van der Waals surface area contributed by atoms with Crippen LogP contribution in [0.2, 0.25) is 10.0 Å². The second kappa shape index (κ2) is 9.44. The van der Waals surface area contributed by atoms with Crippen LogP contribution in [0.5, 0.6) is 5.75 Å². The fraction of sp³-hybridized carbons (Fsp3) is 0.222. The number of hydrogen-bond acceptors (Lipinski definition) is 6. The van der Waals surface area contributed by atoms with E-state index < -0.39 is 4.92 Å². The molecule has 1 amide bonds. The van der Waals surface area contributed by atoms with Crippen LogP contribution in [0.1, 0.15) is 22.7 Å². The average Bonchev–Trinajstić information content (AvgIpc) is 3.33. The molecule has 0 fully saturated rings.